The first-order valence-corrected chi connectivity index (χ1v) is 6.01. The number of aromatic carboxylic acids is 1. The second-order valence-corrected chi connectivity index (χ2v) is 4.24. The number of hydrogen-bond acceptors (Lipinski definition) is 4. The van der Waals surface area contributed by atoms with Crippen molar-refractivity contribution < 1.29 is 19.1 Å². The van der Waals surface area contributed by atoms with E-state index in [0.717, 1.165) is 0 Å². The van der Waals surface area contributed by atoms with Gasteiger partial charge in [-0.3, -0.25) is 4.79 Å². The van der Waals surface area contributed by atoms with Gasteiger partial charge < -0.3 is 20.6 Å². The second-order valence-electron chi connectivity index (χ2n) is 4.24. The maximum atomic E-state index is 11.8. The van der Waals surface area contributed by atoms with Gasteiger partial charge >= 0.3 is 5.97 Å². The lowest BCUT2D eigenvalue weighted by Crippen LogP contribution is -2.15. The highest BCUT2D eigenvalue weighted by Crippen LogP contribution is 2.19. The normalized spacial score (nSPS) is 10.2. The number of nitrogens with two attached hydrogens (primary N) is 1. The molecule has 1 aromatic heterocycles. The van der Waals surface area contributed by atoms with Gasteiger partial charge in [0.25, 0.3) is 0 Å². The summed E-state index contributed by atoms with van der Waals surface area (Å²) in [4.78, 5) is 22.9. The number of furan rings is 1. The van der Waals surface area contributed by atoms with Gasteiger partial charge in [-0.2, -0.15) is 0 Å². The Morgan fingerprint density at radius 3 is 2.75 bits per heavy atom. The third-order valence-corrected chi connectivity index (χ3v) is 2.73. The van der Waals surface area contributed by atoms with Crippen molar-refractivity contribution in [2.75, 3.05) is 11.1 Å². The zero-order valence-corrected chi connectivity index (χ0v) is 10.6. The van der Waals surface area contributed by atoms with Crippen molar-refractivity contribution in [1.82, 2.24) is 0 Å². The summed E-state index contributed by atoms with van der Waals surface area (Å²) in [6.07, 6.45) is 2.18. The minimum Gasteiger partial charge on any atom is -0.478 e. The fourth-order valence-corrected chi connectivity index (χ4v) is 1.76. The zero-order chi connectivity index (χ0) is 14.5. The minimum atomic E-state index is -1.12. The Hall–Kier alpha value is -2.76. The van der Waals surface area contributed by atoms with Crippen LogP contribution in [0.25, 0.3) is 0 Å². The summed E-state index contributed by atoms with van der Waals surface area (Å²) in [5.74, 6) is -0.716. The number of rotatable bonds is 5. The van der Waals surface area contributed by atoms with Gasteiger partial charge in [-0.05, 0) is 30.3 Å². The Balaban J connectivity index is 2.03. The van der Waals surface area contributed by atoms with Gasteiger partial charge in [-0.15, -0.1) is 0 Å². The molecule has 2 aromatic rings. The average molecular weight is 274 g/mol. The standard InChI is InChI=1S/C14H14N2O4/c15-9-3-5-11(14(18)19)12(8-9)16-13(17)6-4-10-2-1-7-20-10/h1-3,5,7-8H,4,6,15H2,(H,16,17)(H,18,19). The monoisotopic (exact) mass is 274 g/mol. The van der Waals surface area contributed by atoms with Crippen molar-refractivity contribution >= 4 is 23.3 Å². The Kier molecular flexibility index (Phi) is 4.05. The summed E-state index contributed by atoms with van der Waals surface area (Å²) in [7, 11) is 0. The molecule has 104 valence electrons. The van der Waals surface area contributed by atoms with Crippen LogP contribution >= 0.6 is 0 Å². The van der Waals surface area contributed by atoms with E-state index in [2.05, 4.69) is 5.32 Å². The number of anilines is 2. The summed E-state index contributed by atoms with van der Waals surface area (Å²) >= 11 is 0. The molecule has 4 N–H and O–H groups in total. The van der Waals surface area contributed by atoms with Gasteiger partial charge in [0.1, 0.15) is 5.76 Å². The lowest BCUT2D eigenvalue weighted by atomic mass is 10.1. The van der Waals surface area contributed by atoms with Crippen molar-refractivity contribution in [3.05, 3.63) is 47.9 Å². The highest BCUT2D eigenvalue weighted by atomic mass is 16.4. The molecule has 0 bridgehead atoms. The molecule has 1 amide bonds. The molecule has 0 spiro atoms. The molecule has 0 saturated carbocycles. The number of carboxylic acid groups (broad SMARTS) is 1. The maximum absolute atomic E-state index is 11.8. The van der Waals surface area contributed by atoms with Crippen LogP contribution in [0.4, 0.5) is 11.4 Å². The lowest BCUT2D eigenvalue weighted by molar-refractivity contribution is -0.116. The fraction of sp³-hybridized carbons (Fsp3) is 0.143. The Bertz CT molecular complexity index is 620. The van der Waals surface area contributed by atoms with Crippen LogP contribution in [0.5, 0.6) is 0 Å². The minimum absolute atomic E-state index is 0.00514. The van der Waals surface area contributed by atoms with E-state index >= 15 is 0 Å². The molecule has 0 fully saturated rings. The lowest BCUT2D eigenvalue weighted by Gasteiger charge is -2.09. The molecular formula is C14H14N2O4. The molecule has 0 unspecified atom stereocenters. The van der Waals surface area contributed by atoms with Crippen molar-refractivity contribution in [2.24, 2.45) is 0 Å². The fourth-order valence-electron chi connectivity index (χ4n) is 1.76. The second kappa shape index (κ2) is 5.92. The van der Waals surface area contributed by atoms with Gasteiger partial charge in [0.15, 0.2) is 0 Å². The predicted octanol–water partition coefficient (Wildman–Crippen LogP) is 2.13. The van der Waals surface area contributed by atoms with E-state index in [1.54, 1.807) is 12.1 Å². The van der Waals surface area contributed by atoms with Crippen molar-refractivity contribution in [2.45, 2.75) is 12.8 Å². The van der Waals surface area contributed by atoms with Gasteiger partial charge in [-0.25, -0.2) is 4.79 Å². The molecule has 0 saturated heterocycles. The largest absolute Gasteiger partial charge is 0.478 e. The summed E-state index contributed by atoms with van der Waals surface area (Å²) in [5, 5.41) is 11.6. The molecule has 2 rings (SSSR count). The molecule has 0 atom stereocenters. The average Bonchev–Trinajstić information content (AvgIpc) is 2.89. The molecule has 0 aliphatic carbocycles. The zero-order valence-electron chi connectivity index (χ0n) is 10.6. The number of benzene rings is 1. The van der Waals surface area contributed by atoms with Crippen LogP contribution in [0.15, 0.2) is 41.0 Å². The first-order chi connectivity index (χ1) is 9.56. The summed E-state index contributed by atoms with van der Waals surface area (Å²) in [6.45, 7) is 0. The van der Waals surface area contributed by atoms with E-state index in [9.17, 15) is 9.59 Å². The van der Waals surface area contributed by atoms with Gasteiger partial charge in [0, 0.05) is 18.5 Å². The number of aryl methyl sites for hydroxylation is 1. The predicted molar refractivity (Wildman–Crippen MR) is 73.5 cm³/mol. The van der Waals surface area contributed by atoms with E-state index in [1.165, 1.54) is 24.5 Å². The van der Waals surface area contributed by atoms with E-state index in [-0.39, 0.29) is 23.6 Å². The molecule has 6 heteroatoms. The first-order valence-electron chi connectivity index (χ1n) is 6.01. The van der Waals surface area contributed by atoms with Crippen LogP contribution in [0, 0.1) is 0 Å². The van der Waals surface area contributed by atoms with Crippen LogP contribution in [0.1, 0.15) is 22.5 Å². The van der Waals surface area contributed by atoms with Gasteiger partial charge in [0.05, 0.1) is 17.5 Å². The SMILES string of the molecule is Nc1ccc(C(=O)O)c(NC(=O)CCc2ccco2)c1. The van der Waals surface area contributed by atoms with Gasteiger partial charge in [-0.1, -0.05) is 0 Å². The molecule has 0 radical (unpaired) electrons. The van der Waals surface area contributed by atoms with E-state index in [4.69, 9.17) is 15.3 Å². The molecule has 0 aliphatic heterocycles. The third-order valence-electron chi connectivity index (χ3n) is 2.73. The van der Waals surface area contributed by atoms with Crippen molar-refractivity contribution in [3.8, 4) is 0 Å². The number of carbonyl (C=O) groups is 2. The molecule has 6 nitrogen and oxygen atoms in total. The Morgan fingerprint density at radius 2 is 2.10 bits per heavy atom. The number of hydrogen-bond donors (Lipinski definition) is 3. The third kappa shape index (κ3) is 3.38. The molecule has 20 heavy (non-hydrogen) atoms. The highest BCUT2D eigenvalue weighted by molar-refractivity contribution is 6.01. The van der Waals surface area contributed by atoms with Crippen LogP contribution < -0.4 is 11.1 Å². The van der Waals surface area contributed by atoms with Crippen LogP contribution in [0.3, 0.4) is 0 Å². The Labute approximate surface area is 115 Å². The summed E-state index contributed by atoms with van der Waals surface area (Å²) in [5.41, 5.74) is 6.18. The molecular weight excluding hydrogens is 260 g/mol. The molecule has 1 aromatic carbocycles. The van der Waals surface area contributed by atoms with Crippen LogP contribution in [-0.4, -0.2) is 17.0 Å². The smallest absolute Gasteiger partial charge is 0.337 e. The van der Waals surface area contributed by atoms with E-state index in [0.29, 0.717) is 17.9 Å². The number of carbonyl (C=O) groups excluding carboxylic acids is 1. The Morgan fingerprint density at radius 1 is 1.30 bits per heavy atom. The topological polar surface area (TPSA) is 106 Å². The number of nitrogens with one attached hydrogen (secondary N) is 1. The van der Waals surface area contributed by atoms with Crippen LogP contribution in [0.2, 0.25) is 0 Å². The quantitative estimate of drug-likeness (QED) is 0.724. The maximum Gasteiger partial charge on any atom is 0.337 e. The number of amides is 1. The van der Waals surface area contributed by atoms with Crippen LogP contribution in [-0.2, 0) is 11.2 Å². The summed E-state index contributed by atoms with van der Waals surface area (Å²) < 4.78 is 5.12. The highest BCUT2D eigenvalue weighted by Gasteiger charge is 2.13. The molecule has 1 heterocycles. The van der Waals surface area contributed by atoms with Crippen molar-refractivity contribution in [3.63, 3.8) is 0 Å². The number of carboxylic acids is 1. The van der Waals surface area contributed by atoms with Crippen molar-refractivity contribution in [1.29, 1.82) is 0 Å². The van der Waals surface area contributed by atoms with E-state index in [1.807, 2.05) is 0 Å². The summed E-state index contributed by atoms with van der Waals surface area (Å²) in [6, 6.07) is 7.78. The van der Waals surface area contributed by atoms with E-state index < -0.39 is 5.97 Å². The number of nitrogen functional groups attached to an aromatic ring is 1. The molecule has 0 aliphatic rings. The first kappa shape index (κ1) is 13.7. The van der Waals surface area contributed by atoms with Gasteiger partial charge in [0.2, 0.25) is 5.91 Å².